The summed E-state index contributed by atoms with van der Waals surface area (Å²) >= 11 is 9.42. The van der Waals surface area contributed by atoms with E-state index < -0.39 is 39.6 Å². The normalized spacial score (nSPS) is 16.8. The van der Waals surface area contributed by atoms with Crippen molar-refractivity contribution < 1.29 is 37.3 Å². The number of carboxylic acids is 1. The number of hydrogen-bond donors (Lipinski definition) is 3. The number of rotatable bonds is 6. The van der Waals surface area contributed by atoms with Crippen molar-refractivity contribution in [3.8, 4) is 0 Å². The smallest absolute Gasteiger partial charge is 0.300 e. The monoisotopic (exact) mass is 641 g/mol. The first-order valence-electron chi connectivity index (χ1n) is 10.7. The van der Waals surface area contributed by atoms with Gasteiger partial charge in [-0.2, -0.15) is 8.42 Å². The van der Waals surface area contributed by atoms with Crippen molar-refractivity contribution in [2.45, 2.75) is 6.92 Å². The van der Waals surface area contributed by atoms with Gasteiger partial charge in [0.2, 0.25) is 5.91 Å². The summed E-state index contributed by atoms with van der Waals surface area (Å²) in [4.78, 5) is 50.4. The topological polar surface area (TPSA) is 161 Å². The fourth-order valence-electron chi connectivity index (χ4n) is 3.52. The molecular weight excluding hydrogens is 622 g/mol. The van der Waals surface area contributed by atoms with Crippen molar-refractivity contribution >= 4 is 95.0 Å². The van der Waals surface area contributed by atoms with Gasteiger partial charge in [0, 0.05) is 29.2 Å². The van der Waals surface area contributed by atoms with Gasteiger partial charge in [0.25, 0.3) is 27.9 Å². The highest BCUT2D eigenvalue weighted by atomic mass is 79.9. The summed E-state index contributed by atoms with van der Waals surface area (Å²) in [5, 5.41) is 10.2. The van der Waals surface area contributed by atoms with Gasteiger partial charge in [0.05, 0.1) is 21.9 Å². The van der Waals surface area contributed by atoms with E-state index in [0.717, 1.165) is 28.1 Å². The lowest BCUT2D eigenvalue weighted by Gasteiger charge is -2.17. The van der Waals surface area contributed by atoms with Crippen molar-refractivity contribution in [2.75, 3.05) is 29.1 Å². The van der Waals surface area contributed by atoms with Crippen LogP contribution in [0.1, 0.15) is 12.5 Å². The second-order valence-electron chi connectivity index (χ2n) is 7.80. The molecule has 200 valence electrons. The Kier molecular flexibility index (Phi) is 9.43. The lowest BCUT2D eigenvalue weighted by molar-refractivity contribution is -0.134. The summed E-state index contributed by atoms with van der Waals surface area (Å²) in [7, 11) is -4.31. The van der Waals surface area contributed by atoms with Crippen molar-refractivity contribution in [3.05, 3.63) is 63.5 Å². The van der Waals surface area contributed by atoms with E-state index in [1.54, 1.807) is 42.5 Å². The largest absolute Gasteiger partial charge is 0.481 e. The molecule has 38 heavy (non-hydrogen) atoms. The van der Waals surface area contributed by atoms with Gasteiger partial charge in [-0.15, -0.1) is 0 Å². The number of carboxylic acid groups (broad SMARTS) is 1. The number of aliphatic carboxylic acids is 1. The van der Waals surface area contributed by atoms with Gasteiger partial charge in [-0.1, -0.05) is 64.2 Å². The molecule has 3 N–H and O–H groups in total. The Morgan fingerprint density at radius 3 is 2.37 bits per heavy atom. The number of thioether (sulfide) groups is 1. The fraction of sp³-hybridized carbons (Fsp3) is 0.174. The summed E-state index contributed by atoms with van der Waals surface area (Å²) in [6, 6.07) is 13.8. The minimum atomic E-state index is -4.31. The van der Waals surface area contributed by atoms with Crippen molar-refractivity contribution in [2.24, 2.45) is 0 Å². The predicted molar refractivity (Wildman–Crippen MR) is 150 cm³/mol. The molecule has 2 aliphatic rings. The lowest BCUT2D eigenvalue weighted by Crippen LogP contribution is -2.36. The molecule has 0 aromatic heterocycles. The number of fused-ring (bicyclic) bond motifs is 1. The van der Waals surface area contributed by atoms with Crippen LogP contribution in [0.25, 0.3) is 5.57 Å². The standard InChI is InChI=1S/C21H16BrN3O6S3.C2H4O2/c22-12-4-3-5-13(10-12)23-16(26)11-25-15-7-2-1-6-14(15)17(19(25)27)18-20(28)24(21(32)33-18)8-9-34(29,30)31;1-2(3)4/h1-7,10H,8-9,11H2,(H,23,26)(H,29,30,31);1H3,(H,3,4)/b18-17-;. The molecule has 15 heteroatoms. The number of carbonyl (C=O) groups excluding carboxylic acids is 3. The van der Waals surface area contributed by atoms with Crippen LogP contribution >= 0.6 is 39.9 Å². The molecule has 0 saturated carbocycles. The Labute approximate surface area is 235 Å². The van der Waals surface area contributed by atoms with E-state index in [2.05, 4.69) is 21.2 Å². The molecule has 3 amide bonds. The molecule has 0 spiro atoms. The number of thiocarbonyl (C=S) groups is 1. The number of amides is 3. The second kappa shape index (κ2) is 12.2. The Morgan fingerprint density at radius 2 is 1.74 bits per heavy atom. The van der Waals surface area contributed by atoms with Crippen LogP contribution in [0.5, 0.6) is 0 Å². The van der Waals surface area contributed by atoms with Gasteiger partial charge in [-0.25, -0.2) is 0 Å². The Hall–Kier alpha value is -3.11. The highest BCUT2D eigenvalue weighted by Crippen LogP contribution is 2.44. The molecule has 0 aliphatic carbocycles. The molecule has 0 bridgehead atoms. The molecule has 1 saturated heterocycles. The third-order valence-electron chi connectivity index (χ3n) is 4.98. The molecule has 2 aliphatic heterocycles. The number of carbonyl (C=O) groups is 4. The van der Waals surface area contributed by atoms with Crippen LogP contribution in [0.4, 0.5) is 11.4 Å². The molecule has 1 fully saturated rings. The first-order chi connectivity index (χ1) is 17.8. The van der Waals surface area contributed by atoms with Gasteiger partial charge < -0.3 is 10.4 Å². The van der Waals surface area contributed by atoms with Gasteiger partial charge >= 0.3 is 0 Å². The van der Waals surface area contributed by atoms with Crippen molar-refractivity contribution in [1.29, 1.82) is 0 Å². The van der Waals surface area contributed by atoms with E-state index in [-0.39, 0.29) is 27.9 Å². The van der Waals surface area contributed by atoms with Crippen molar-refractivity contribution in [3.63, 3.8) is 0 Å². The molecule has 2 aromatic rings. The molecule has 2 aromatic carbocycles. The molecule has 0 unspecified atom stereocenters. The molecule has 0 radical (unpaired) electrons. The maximum atomic E-state index is 13.4. The van der Waals surface area contributed by atoms with Crippen LogP contribution in [0, 0.1) is 0 Å². The maximum absolute atomic E-state index is 13.4. The lowest BCUT2D eigenvalue weighted by atomic mass is 10.1. The molecule has 2 heterocycles. The van der Waals surface area contributed by atoms with Gasteiger partial charge in [0.15, 0.2) is 0 Å². The SMILES string of the molecule is CC(=O)O.O=C(CN1C(=O)/C(=C2\SC(=S)N(CCS(=O)(=O)O)C2=O)c2ccccc21)Nc1cccc(Br)c1. The average molecular weight is 643 g/mol. The Bertz CT molecular complexity index is 1470. The van der Waals surface area contributed by atoms with E-state index in [9.17, 15) is 22.8 Å². The van der Waals surface area contributed by atoms with Gasteiger partial charge in [-0.3, -0.25) is 33.5 Å². The fourth-order valence-corrected chi connectivity index (χ4v) is 5.71. The summed E-state index contributed by atoms with van der Waals surface area (Å²) in [5.74, 6) is -3.12. The van der Waals surface area contributed by atoms with E-state index in [0.29, 0.717) is 16.9 Å². The minimum absolute atomic E-state index is 0.0488. The Morgan fingerprint density at radius 1 is 1.08 bits per heavy atom. The maximum Gasteiger partial charge on any atom is 0.300 e. The summed E-state index contributed by atoms with van der Waals surface area (Å²) < 4.78 is 32.1. The molecule has 0 atom stereocenters. The molecular formula is C23H20BrN3O8S3. The average Bonchev–Trinajstić information content (AvgIpc) is 3.23. The number of nitrogens with zero attached hydrogens (tertiary/aromatic N) is 2. The second-order valence-corrected chi connectivity index (χ2v) is 11.9. The van der Waals surface area contributed by atoms with Crippen LogP contribution in [0.3, 0.4) is 0 Å². The first-order valence-corrected chi connectivity index (χ1v) is 14.3. The van der Waals surface area contributed by atoms with E-state index in [1.165, 1.54) is 4.90 Å². The summed E-state index contributed by atoms with van der Waals surface area (Å²) in [6.07, 6.45) is 0. The first kappa shape index (κ1) is 29.4. The third-order valence-corrected chi connectivity index (χ3v) is 7.62. The molecule has 4 rings (SSSR count). The van der Waals surface area contributed by atoms with E-state index in [4.69, 9.17) is 26.7 Å². The van der Waals surface area contributed by atoms with Crippen LogP contribution in [0.2, 0.25) is 0 Å². The number of benzene rings is 2. The number of nitrogens with one attached hydrogen (secondary N) is 1. The zero-order valence-electron chi connectivity index (χ0n) is 19.6. The highest BCUT2D eigenvalue weighted by Gasteiger charge is 2.42. The quantitative estimate of drug-likeness (QED) is 0.243. The zero-order valence-corrected chi connectivity index (χ0v) is 23.6. The minimum Gasteiger partial charge on any atom is -0.481 e. The number of halogens is 1. The van der Waals surface area contributed by atoms with E-state index in [1.807, 2.05) is 6.07 Å². The van der Waals surface area contributed by atoms with Crippen LogP contribution in [-0.2, 0) is 29.3 Å². The Balaban J connectivity index is 0.000000934. The molecule has 11 nitrogen and oxygen atoms in total. The van der Waals surface area contributed by atoms with Gasteiger partial charge in [0.1, 0.15) is 10.9 Å². The van der Waals surface area contributed by atoms with Crippen LogP contribution in [-0.4, -0.2) is 69.8 Å². The number of para-hydroxylation sites is 1. The highest BCUT2D eigenvalue weighted by molar-refractivity contribution is 9.10. The van der Waals surface area contributed by atoms with Gasteiger partial charge in [-0.05, 0) is 24.3 Å². The zero-order chi connectivity index (χ0) is 28.2. The van der Waals surface area contributed by atoms with Crippen molar-refractivity contribution in [1.82, 2.24) is 4.90 Å². The van der Waals surface area contributed by atoms with Crippen LogP contribution in [0.15, 0.2) is 57.9 Å². The summed E-state index contributed by atoms with van der Waals surface area (Å²) in [6.45, 7) is 0.462. The van der Waals surface area contributed by atoms with Crippen LogP contribution < -0.4 is 10.2 Å². The number of anilines is 2. The predicted octanol–water partition coefficient (Wildman–Crippen LogP) is 2.98. The summed E-state index contributed by atoms with van der Waals surface area (Å²) in [5.41, 5.74) is 1.59. The van der Waals surface area contributed by atoms with E-state index >= 15 is 0 Å². The third kappa shape index (κ3) is 7.26. The number of hydrogen-bond acceptors (Lipinski definition) is 8.